The van der Waals surface area contributed by atoms with E-state index in [2.05, 4.69) is 64.1 Å². The number of amides is 2. The molecule has 10 nitrogen and oxygen atoms in total. The number of aromatic nitrogens is 1. The fourth-order valence-electron chi connectivity index (χ4n) is 15.5. The van der Waals surface area contributed by atoms with Gasteiger partial charge in [0.1, 0.15) is 11.6 Å². The zero-order valence-corrected chi connectivity index (χ0v) is 38.0. The molecule has 10 heteroatoms. The lowest BCUT2D eigenvalue weighted by molar-refractivity contribution is -0.235. The van der Waals surface area contributed by atoms with Gasteiger partial charge in [-0.05, 0) is 146 Å². The van der Waals surface area contributed by atoms with E-state index in [1.165, 1.54) is 5.57 Å². The number of nitrogens with zero attached hydrogens (tertiary/aromatic N) is 1. The van der Waals surface area contributed by atoms with Crippen molar-refractivity contribution in [2.75, 3.05) is 0 Å². The first-order valence-electron chi connectivity index (χ1n) is 23.3. The minimum Gasteiger partial charge on any atom is -0.481 e. The molecule has 0 unspecified atom stereocenters. The Morgan fingerprint density at radius 3 is 2.12 bits per heavy atom. The number of carboxylic acid groups (broad SMARTS) is 1. The fraction of sp³-hybridized carbons (Fsp3) is 0.760. The summed E-state index contributed by atoms with van der Waals surface area (Å²) in [5.41, 5.74) is 0.583. The Morgan fingerprint density at radius 1 is 0.800 bits per heavy atom. The van der Waals surface area contributed by atoms with Crippen molar-refractivity contribution in [3.8, 4) is 0 Å². The Hall–Kier alpha value is -3.56. The van der Waals surface area contributed by atoms with E-state index in [0.29, 0.717) is 43.1 Å². The second kappa shape index (κ2) is 14.2. The Kier molecular flexibility index (Phi) is 10.2. The Labute approximate surface area is 357 Å². The lowest BCUT2D eigenvalue weighted by Crippen LogP contribution is -2.68. The molecular formula is C50H71N3O7. The predicted octanol–water partition coefficient (Wildman–Crippen LogP) is 8.94. The third kappa shape index (κ3) is 6.12. The molecule has 0 spiro atoms. The SMILES string of the molecule is Cc1ccc(C(=O)NC2(C(=O)N[C@@]34CC[C@]5(C)[C@H](CC[C@@H]6[C@@]7(C)CC[C@H](OC(=O)[C@H]8C[C@@H](C(=O)O)C8(C)C)C(C)(C)[C@@H]7CC[C@]65C)C3=C(C(C)C)C(=O)C4)CCCC2)cn1. The number of carbonyl (C=O) groups is 5. The molecule has 6 fully saturated rings. The van der Waals surface area contributed by atoms with Crippen molar-refractivity contribution in [3.63, 3.8) is 0 Å². The zero-order chi connectivity index (χ0) is 43.6. The van der Waals surface area contributed by atoms with Crippen LogP contribution in [0.2, 0.25) is 0 Å². The zero-order valence-electron chi connectivity index (χ0n) is 38.0. The highest BCUT2D eigenvalue weighted by molar-refractivity contribution is 6.04. The van der Waals surface area contributed by atoms with Crippen molar-refractivity contribution in [3.05, 3.63) is 40.7 Å². The summed E-state index contributed by atoms with van der Waals surface area (Å²) in [6.45, 7) is 22.1. The summed E-state index contributed by atoms with van der Waals surface area (Å²) in [5, 5.41) is 16.5. The first-order chi connectivity index (χ1) is 28.0. The summed E-state index contributed by atoms with van der Waals surface area (Å²) in [4.78, 5) is 72.6. The number of allylic oxidation sites excluding steroid dienone is 1. The molecule has 6 saturated carbocycles. The first-order valence-corrected chi connectivity index (χ1v) is 23.3. The largest absolute Gasteiger partial charge is 0.481 e. The van der Waals surface area contributed by atoms with Crippen molar-refractivity contribution < 1.29 is 33.8 Å². The molecule has 0 bridgehead atoms. The highest BCUT2D eigenvalue weighted by Gasteiger charge is 2.71. The van der Waals surface area contributed by atoms with Crippen LogP contribution in [0.15, 0.2) is 29.5 Å². The molecule has 0 aromatic carbocycles. The molecule has 328 valence electrons. The van der Waals surface area contributed by atoms with Crippen molar-refractivity contribution in [1.29, 1.82) is 0 Å². The van der Waals surface area contributed by atoms with E-state index in [1.807, 2.05) is 26.8 Å². The maximum Gasteiger partial charge on any atom is 0.309 e. The van der Waals surface area contributed by atoms with E-state index in [0.717, 1.165) is 69.1 Å². The maximum atomic E-state index is 14.9. The quantitative estimate of drug-likeness (QED) is 0.220. The smallest absolute Gasteiger partial charge is 0.309 e. The van der Waals surface area contributed by atoms with E-state index in [9.17, 15) is 29.1 Å². The van der Waals surface area contributed by atoms with Crippen LogP contribution in [0.25, 0.3) is 0 Å². The predicted molar refractivity (Wildman–Crippen MR) is 228 cm³/mol. The number of hydrogen-bond acceptors (Lipinski definition) is 7. The third-order valence-corrected chi connectivity index (χ3v) is 19.2. The fourth-order valence-corrected chi connectivity index (χ4v) is 15.5. The molecule has 2 amide bonds. The van der Waals surface area contributed by atoms with Crippen LogP contribution in [0, 0.1) is 69.5 Å². The second-order valence-corrected chi connectivity index (χ2v) is 23.0. The molecule has 7 aliphatic carbocycles. The highest BCUT2D eigenvalue weighted by Crippen LogP contribution is 2.76. The molecule has 3 N–H and O–H groups in total. The summed E-state index contributed by atoms with van der Waals surface area (Å²) >= 11 is 0. The summed E-state index contributed by atoms with van der Waals surface area (Å²) < 4.78 is 6.43. The van der Waals surface area contributed by atoms with Crippen molar-refractivity contribution in [1.82, 2.24) is 15.6 Å². The number of carboxylic acids is 1. The van der Waals surface area contributed by atoms with E-state index in [-0.39, 0.29) is 69.6 Å². The molecule has 60 heavy (non-hydrogen) atoms. The van der Waals surface area contributed by atoms with Gasteiger partial charge in [-0.15, -0.1) is 0 Å². The molecule has 7 aliphatic rings. The average Bonchev–Trinajstić information content (AvgIpc) is 3.75. The van der Waals surface area contributed by atoms with Crippen LogP contribution in [-0.4, -0.2) is 56.8 Å². The van der Waals surface area contributed by atoms with Crippen LogP contribution in [0.1, 0.15) is 168 Å². The second-order valence-electron chi connectivity index (χ2n) is 23.0. The minimum atomic E-state index is -1.04. The van der Waals surface area contributed by atoms with Crippen LogP contribution < -0.4 is 10.6 Å². The number of nitrogens with one attached hydrogen (secondary N) is 2. The molecule has 0 aliphatic heterocycles. The summed E-state index contributed by atoms with van der Waals surface area (Å²) in [5.74, 6) is -1.34. The van der Waals surface area contributed by atoms with Crippen LogP contribution >= 0.6 is 0 Å². The van der Waals surface area contributed by atoms with Gasteiger partial charge in [0.15, 0.2) is 5.78 Å². The van der Waals surface area contributed by atoms with Crippen molar-refractivity contribution in [2.45, 2.75) is 176 Å². The van der Waals surface area contributed by atoms with Gasteiger partial charge in [-0.2, -0.15) is 0 Å². The highest BCUT2D eigenvalue weighted by atomic mass is 16.5. The molecule has 1 aromatic heterocycles. The number of fused-ring (bicyclic) bond motifs is 7. The molecule has 1 aromatic rings. The number of hydrogen-bond donors (Lipinski definition) is 3. The number of ketones is 1. The standard InChI is InChI=1S/C50H71N3O7/c1-28(2)38-34(54)26-50(53-43(59)49(19-11-12-20-49)52-40(55)30-14-13-29(3)51-27-30)24-23-47(9)31(39(38)50)15-16-36-46(8)21-18-37(45(6,7)35(46)17-22-48(36,47)10)60-42(58)33-25-32(41(56)57)44(33,4)5/h13-14,27-28,31-33,35-37H,11-12,15-26H2,1-10H3,(H,52,55)(H,53,59)(H,56,57)/t31-,32+,33-,35+,36-,37+,46+,47-,48-,50-/m1/s1. The number of pyridine rings is 1. The summed E-state index contributed by atoms with van der Waals surface area (Å²) in [7, 11) is 0. The topological polar surface area (TPSA) is 152 Å². The van der Waals surface area contributed by atoms with E-state index in [4.69, 9.17) is 4.74 Å². The van der Waals surface area contributed by atoms with Gasteiger partial charge in [0.25, 0.3) is 5.91 Å². The molecule has 8 rings (SSSR count). The monoisotopic (exact) mass is 826 g/mol. The van der Waals surface area contributed by atoms with Gasteiger partial charge in [0.05, 0.1) is 22.9 Å². The van der Waals surface area contributed by atoms with E-state index < -0.39 is 34.3 Å². The van der Waals surface area contributed by atoms with E-state index in [1.54, 1.807) is 12.3 Å². The van der Waals surface area contributed by atoms with Crippen LogP contribution in [0.5, 0.6) is 0 Å². The van der Waals surface area contributed by atoms with Gasteiger partial charge < -0.3 is 20.5 Å². The number of esters is 1. The Morgan fingerprint density at radius 2 is 1.50 bits per heavy atom. The number of Topliss-reactive ketones (excluding diaryl/α,β-unsaturated/α-hetero) is 1. The molecule has 10 atom stereocenters. The lowest BCUT2D eigenvalue weighted by Gasteiger charge is -2.72. The minimum absolute atomic E-state index is 0.0117. The number of aryl methyl sites for hydroxylation is 1. The van der Waals surface area contributed by atoms with Gasteiger partial charge in [-0.3, -0.25) is 29.0 Å². The van der Waals surface area contributed by atoms with Gasteiger partial charge in [0.2, 0.25) is 5.91 Å². The average molecular weight is 826 g/mol. The summed E-state index contributed by atoms with van der Waals surface area (Å²) in [6.07, 6.45) is 12.2. The summed E-state index contributed by atoms with van der Waals surface area (Å²) in [6, 6.07) is 3.57. The normalized spacial score (nSPS) is 39.7. The van der Waals surface area contributed by atoms with Crippen LogP contribution in [0.4, 0.5) is 0 Å². The van der Waals surface area contributed by atoms with Crippen LogP contribution in [0.3, 0.4) is 0 Å². The van der Waals surface area contributed by atoms with E-state index >= 15 is 0 Å². The first kappa shape index (κ1) is 43.1. The van der Waals surface area contributed by atoms with Gasteiger partial charge in [-0.1, -0.05) is 75.2 Å². The maximum absolute atomic E-state index is 14.9. The Bertz CT molecular complexity index is 2010. The number of aliphatic carboxylic acids is 1. The number of rotatable bonds is 8. The molecule has 0 radical (unpaired) electrons. The van der Waals surface area contributed by atoms with Gasteiger partial charge >= 0.3 is 11.9 Å². The number of carbonyl (C=O) groups excluding carboxylic acids is 4. The van der Waals surface area contributed by atoms with Crippen LogP contribution in [-0.2, 0) is 23.9 Å². The third-order valence-electron chi connectivity index (χ3n) is 19.2. The van der Waals surface area contributed by atoms with Crippen molar-refractivity contribution >= 4 is 29.5 Å². The molecule has 0 saturated heterocycles. The molecule has 1 heterocycles. The molecular weight excluding hydrogens is 755 g/mol. The number of ether oxygens (including phenoxy) is 1. The van der Waals surface area contributed by atoms with Crippen molar-refractivity contribution in [2.24, 2.45) is 62.6 Å². The van der Waals surface area contributed by atoms with Gasteiger partial charge in [0, 0.05) is 23.7 Å². The van der Waals surface area contributed by atoms with Gasteiger partial charge in [-0.25, -0.2) is 0 Å². The Balaban J connectivity index is 1.05. The lowest BCUT2D eigenvalue weighted by atomic mass is 9.33.